The zero-order valence-electron chi connectivity index (χ0n) is 12.7. The number of ether oxygens (including phenoxy) is 1. The Morgan fingerprint density at radius 2 is 1.88 bits per heavy atom. The van der Waals surface area contributed by atoms with Gasteiger partial charge in [-0.2, -0.15) is 5.26 Å². The van der Waals surface area contributed by atoms with Gasteiger partial charge >= 0.3 is 5.97 Å². The van der Waals surface area contributed by atoms with Crippen molar-refractivity contribution in [2.75, 3.05) is 0 Å². The molecule has 3 rings (SSSR count). The molecule has 0 saturated heterocycles. The van der Waals surface area contributed by atoms with E-state index in [1.54, 1.807) is 6.20 Å². The van der Waals surface area contributed by atoms with Crippen molar-refractivity contribution in [3.05, 3.63) is 63.2 Å². The molecule has 0 amide bonds. The van der Waals surface area contributed by atoms with Crippen molar-refractivity contribution >= 4 is 51.7 Å². The van der Waals surface area contributed by atoms with E-state index in [4.69, 9.17) is 39.5 Å². The van der Waals surface area contributed by atoms with Crippen LogP contribution in [0.5, 0.6) is 5.75 Å². The van der Waals surface area contributed by atoms with Crippen molar-refractivity contribution in [3.63, 3.8) is 0 Å². The molecule has 0 aliphatic heterocycles. The van der Waals surface area contributed by atoms with Crippen LogP contribution in [0, 0.1) is 17.2 Å². The molecular formula is C18H11Cl3N2O2. The Morgan fingerprint density at radius 3 is 2.64 bits per heavy atom. The minimum atomic E-state index is -0.982. The maximum atomic E-state index is 12.4. The second-order valence-electron chi connectivity index (χ2n) is 5.36. The van der Waals surface area contributed by atoms with Crippen LogP contribution in [0.4, 0.5) is 0 Å². The summed E-state index contributed by atoms with van der Waals surface area (Å²) in [5.41, 5.74) is 1.80. The first-order valence-corrected chi connectivity index (χ1v) is 8.44. The van der Waals surface area contributed by atoms with E-state index in [9.17, 15) is 10.1 Å². The van der Waals surface area contributed by atoms with Gasteiger partial charge in [0.2, 0.25) is 0 Å². The highest BCUT2D eigenvalue weighted by Gasteiger charge is 2.23. The molecule has 1 N–H and O–H groups in total. The summed E-state index contributed by atoms with van der Waals surface area (Å²) >= 11 is 17.8. The molecule has 1 heterocycles. The van der Waals surface area contributed by atoms with Gasteiger partial charge < -0.3 is 9.72 Å². The fraction of sp³-hybridized carbons (Fsp3) is 0.111. The van der Waals surface area contributed by atoms with E-state index in [1.807, 2.05) is 30.3 Å². The lowest BCUT2D eigenvalue weighted by Gasteiger charge is -2.11. The van der Waals surface area contributed by atoms with Crippen LogP contribution in [-0.2, 0) is 11.2 Å². The van der Waals surface area contributed by atoms with E-state index in [0.717, 1.165) is 16.5 Å². The number of halogens is 3. The monoisotopic (exact) mass is 392 g/mol. The number of hydrogen-bond donors (Lipinski definition) is 1. The highest BCUT2D eigenvalue weighted by molar-refractivity contribution is 6.43. The van der Waals surface area contributed by atoms with Crippen LogP contribution in [0.2, 0.25) is 15.1 Å². The number of carbonyl (C=O) groups is 1. The second-order valence-corrected chi connectivity index (χ2v) is 6.58. The Kier molecular flexibility index (Phi) is 5.19. The summed E-state index contributed by atoms with van der Waals surface area (Å²) in [6.45, 7) is 0. The van der Waals surface area contributed by atoms with Crippen LogP contribution in [0.1, 0.15) is 5.56 Å². The fourth-order valence-corrected chi connectivity index (χ4v) is 3.04. The van der Waals surface area contributed by atoms with Crippen molar-refractivity contribution in [1.29, 1.82) is 5.26 Å². The SMILES string of the molecule is N#CC(Cc1c[nH]c2ccccc12)C(=O)Oc1cc(Cl)c(Cl)cc1Cl. The van der Waals surface area contributed by atoms with Gasteiger partial charge in [0.1, 0.15) is 5.92 Å². The molecule has 1 atom stereocenters. The lowest BCUT2D eigenvalue weighted by atomic mass is 10.0. The highest BCUT2D eigenvalue weighted by atomic mass is 35.5. The minimum absolute atomic E-state index is 0.0697. The van der Waals surface area contributed by atoms with Crippen LogP contribution < -0.4 is 4.74 Å². The van der Waals surface area contributed by atoms with E-state index in [2.05, 4.69) is 4.98 Å². The van der Waals surface area contributed by atoms with Gasteiger partial charge in [0.15, 0.2) is 5.75 Å². The largest absolute Gasteiger partial charge is 0.424 e. The zero-order valence-corrected chi connectivity index (χ0v) is 15.0. The molecule has 0 saturated carbocycles. The third kappa shape index (κ3) is 3.74. The first kappa shape index (κ1) is 17.6. The average Bonchev–Trinajstić information content (AvgIpc) is 3.00. The van der Waals surface area contributed by atoms with Gasteiger partial charge in [-0.25, -0.2) is 0 Å². The number of para-hydroxylation sites is 1. The number of nitriles is 1. The maximum Gasteiger partial charge on any atom is 0.329 e. The van der Waals surface area contributed by atoms with Gasteiger partial charge in [-0.15, -0.1) is 0 Å². The van der Waals surface area contributed by atoms with E-state index >= 15 is 0 Å². The molecule has 25 heavy (non-hydrogen) atoms. The molecular weight excluding hydrogens is 383 g/mol. The Bertz CT molecular complexity index is 992. The summed E-state index contributed by atoms with van der Waals surface area (Å²) in [6.07, 6.45) is 2.01. The van der Waals surface area contributed by atoms with Crippen LogP contribution in [0.25, 0.3) is 10.9 Å². The van der Waals surface area contributed by atoms with Gasteiger partial charge in [0, 0.05) is 29.6 Å². The molecule has 7 heteroatoms. The highest BCUT2D eigenvalue weighted by Crippen LogP contribution is 2.34. The lowest BCUT2D eigenvalue weighted by Crippen LogP contribution is -2.21. The van der Waals surface area contributed by atoms with Crippen molar-refractivity contribution in [1.82, 2.24) is 4.98 Å². The standard InChI is InChI=1S/C18H11Cl3N2O2/c19-13-6-15(21)17(7-14(13)20)25-18(24)10(8-22)5-11-9-23-16-4-2-1-3-12(11)16/h1-4,6-7,9-10,23H,5H2. The normalized spacial score (nSPS) is 11.9. The molecule has 2 aromatic carbocycles. The molecule has 0 aliphatic rings. The quantitative estimate of drug-likeness (QED) is 0.366. The smallest absolute Gasteiger partial charge is 0.329 e. The molecule has 0 aliphatic carbocycles. The fourth-order valence-electron chi connectivity index (χ4n) is 2.46. The molecule has 126 valence electrons. The van der Waals surface area contributed by atoms with Crippen molar-refractivity contribution in [2.24, 2.45) is 5.92 Å². The van der Waals surface area contributed by atoms with Gasteiger partial charge in [-0.3, -0.25) is 4.79 Å². The molecule has 1 aromatic heterocycles. The van der Waals surface area contributed by atoms with Crippen LogP contribution in [0.3, 0.4) is 0 Å². The molecule has 0 radical (unpaired) electrons. The van der Waals surface area contributed by atoms with Crippen molar-refractivity contribution in [3.8, 4) is 11.8 Å². The van der Waals surface area contributed by atoms with Crippen LogP contribution in [0.15, 0.2) is 42.6 Å². The van der Waals surface area contributed by atoms with E-state index in [0.29, 0.717) is 0 Å². The second kappa shape index (κ2) is 7.37. The number of aromatic amines is 1. The summed E-state index contributed by atoms with van der Waals surface area (Å²) in [7, 11) is 0. The predicted molar refractivity (Wildman–Crippen MR) is 98.2 cm³/mol. The number of H-pyrrole nitrogens is 1. The minimum Gasteiger partial charge on any atom is -0.424 e. The summed E-state index contributed by atoms with van der Waals surface area (Å²) in [5, 5.41) is 10.9. The van der Waals surface area contributed by atoms with Gasteiger partial charge in [-0.05, 0) is 17.7 Å². The van der Waals surface area contributed by atoms with Crippen LogP contribution >= 0.6 is 34.8 Å². The number of hydrogen-bond acceptors (Lipinski definition) is 3. The Balaban J connectivity index is 1.80. The predicted octanol–water partition coefficient (Wildman–Crippen LogP) is 5.42. The number of esters is 1. The van der Waals surface area contributed by atoms with Crippen molar-refractivity contribution < 1.29 is 9.53 Å². The molecule has 0 bridgehead atoms. The summed E-state index contributed by atoms with van der Waals surface area (Å²) in [5.74, 6) is -1.61. The Morgan fingerprint density at radius 1 is 1.16 bits per heavy atom. The number of nitrogens with one attached hydrogen (secondary N) is 1. The number of aromatic nitrogens is 1. The maximum absolute atomic E-state index is 12.4. The zero-order chi connectivity index (χ0) is 18.0. The number of carbonyl (C=O) groups excluding carboxylic acids is 1. The topological polar surface area (TPSA) is 65.9 Å². The summed E-state index contributed by atoms with van der Waals surface area (Å²) in [4.78, 5) is 15.5. The number of benzene rings is 2. The molecule has 4 nitrogen and oxygen atoms in total. The molecule has 3 aromatic rings. The summed E-state index contributed by atoms with van der Waals surface area (Å²) in [6, 6.07) is 12.4. The number of nitrogens with zero attached hydrogens (tertiary/aromatic N) is 1. The van der Waals surface area contributed by atoms with Crippen LogP contribution in [-0.4, -0.2) is 11.0 Å². The van der Waals surface area contributed by atoms with Gasteiger partial charge in [0.25, 0.3) is 0 Å². The third-order valence-corrected chi connectivity index (χ3v) is 4.74. The first-order chi connectivity index (χ1) is 12.0. The lowest BCUT2D eigenvalue weighted by molar-refractivity contribution is -0.137. The molecule has 1 unspecified atom stereocenters. The molecule has 0 spiro atoms. The first-order valence-electron chi connectivity index (χ1n) is 7.30. The van der Waals surface area contributed by atoms with E-state index in [1.165, 1.54) is 12.1 Å². The van der Waals surface area contributed by atoms with E-state index in [-0.39, 0.29) is 27.2 Å². The van der Waals surface area contributed by atoms with E-state index < -0.39 is 11.9 Å². The third-order valence-electron chi connectivity index (χ3n) is 3.72. The van der Waals surface area contributed by atoms with Gasteiger partial charge in [0.05, 0.1) is 21.1 Å². The number of rotatable bonds is 4. The Labute approximate surface area is 158 Å². The van der Waals surface area contributed by atoms with Gasteiger partial charge in [-0.1, -0.05) is 53.0 Å². The summed E-state index contributed by atoms with van der Waals surface area (Å²) < 4.78 is 5.25. The number of fused-ring (bicyclic) bond motifs is 1. The average molecular weight is 394 g/mol. The van der Waals surface area contributed by atoms with Crippen molar-refractivity contribution in [2.45, 2.75) is 6.42 Å². The molecule has 0 fully saturated rings. The Hall–Kier alpha value is -2.19.